The van der Waals surface area contributed by atoms with E-state index in [9.17, 15) is 9.59 Å². The van der Waals surface area contributed by atoms with Gasteiger partial charge in [-0.25, -0.2) is 0 Å². The molecule has 2 N–H and O–H groups in total. The lowest BCUT2D eigenvalue weighted by atomic mass is 10.1. The fraction of sp³-hybridized carbons (Fsp3) is 0.333. The summed E-state index contributed by atoms with van der Waals surface area (Å²) in [5, 5.41) is 6.50. The second-order valence-corrected chi connectivity index (χ2v) is 7.22. The maximum Gasteiger partial charge on any atom is 0.253 e. The monoisotopic (exact) mass is 385 g/mol. The van der Waals surface area contributed by atoms with E-state index >= 15 is 0 Å². The van der Waals surface area contributed by atoms with Gasteiger partial charge in [-0.05, 0) is 55.2 Å². The van der Waals surface area contributed by atoms with Crippen molar-refractivity contribution in [1.29, 1.82) is 0 Å². The smallest absolute Gasteiger partial charge is 0.253 e. The lowest BCUT2D eigenvalue weighted by Crippen LogP contribution is -2.29. The maximum atomic E-state index is 12.3. The van der Waals surface area contributed by atoms with Crippen LogP contribution in [0, 0.1) is 6.92 Å². The van der Waals surface area contributed by atoms with Gasteiger partial charge < -0.3 is 15.5 Å². The zero-order chi connectivity index (χ0) is 19.2. The summed E-state index contributed by atoms with van der Waals surface area (Å²) in [5.74, 6) is -0.0360. The molecule has 2 amide bonds. The van der Waals surface area contributed by atoms with Crippen molar-refractivity contribution in [3.05, 3.63) is 64.2 Å². The van der Waals surface area contributed by atoms with Gasteiger partial charge >= 0.3 is 0 Å². The fourth-order valence-corrected chi connectivity index (χ4v) is 3.37. The molecular weight excluding hydrogens is 362 g/mol. The normalized spacial score (nSPS) is 13.5. The van der Waals surface area contributed by atoms with E-state index in [1.807, 2.05) is 54.3 Å². The number of amides is 2. The van der Waals surface area contributed by atoms with Gasteiger partial charge in [-0.3, -0.25) is 9.59 Å². The van der Waals surface area contributed by atoms with E-state index in [4.69, 9.17) is 11.6 Å². The van der Waals surface area contributed by atoms with Gasteiger partial charge in [0.05, 0.1) is 17.3 Å². The highest BCUT2D eigenvalue weighted by molar-refractivity contribution is 6.33. The van der Waals surface area contributed by atoms with E-state index in [-0.39, 0.29) is 18.4 Å². The number of hydrogen-bond acceptors (Lipinski definition) is 3. The van der Waals surface area contributed by atoms with Crippen molar-refractivity contribution in [2.75, 3.05) is 25.0 Å². The van der Waals surface area contributed by atoms with Crippen molar-refractivity contribution in [2.45, 2.75) is 26.3 Å². The van der Waals surface area contributed by atoms with Crippen LogP contribution < -0.4 is 10.6 Å². The standard InChI is InChI=1S/C21H24ClN3O2/c1-15-4-9-19(18(22)12-15)23-14-20(26)24-13-16-5-7-17(8-6-16)21(27)25-10-2-3-11-25/h4-9,12,23H,2-3,10-11,13-14H2,1H3,(H,24,26). The van der Waals surface area contributed by atoms with Gasteiger partial charge in [0.25, 0.3) is 5.91 Å². The maximum absolute atomic E-state index is 12.3. The van der Waals surface area contributed by atoms with Crippen LogP contribution in [0.5, 0.6) is 0 Å². The number of nitrogens with zero attached hydrogens (tertiary/aromatic N) is 1. The SMILES string of the molecule is Cc1ccc(NCC(=O)NCc2ccc(C(=O)N3CCCC3)cc2)c(Cl)c1. The van der Waals surface area contributed by atoms with Crippen molar-refractivity contribution >= 4 is 29.1 Å². The summed E-state index contributed by atoms with van der Waals surface area (Å²) in [6, 6.07) is 13.1. The van der Waals surface area contributed by atoms with E-state index in [0.717, 1.165) is 42.7 Å². The first-order chi connectivity index (χ1) is 13.0. The Morgan fingerprint density at radius 3 is 2.44 bits per heavy atom. The van der Waals surface area contributed by atoms with E-state index in [1.165, 1.54) is 0 Å². The van der Waals surface area contributed by atoms with Gasteiger partial charge in [0.15, 0.2) is 0 Å². The molecule has 0 spiro atoms. The molecule has 1 aliphatic heterocycles. The van der Waals surface area contributed by atoms with Gasteiger partial charge in [-0.1, -0.05) is 29.8 Å². The molecule has 1 saturated heterocycles. The molecule has 0 bridgehead atoms. The molecule has 0 aromatic heterocycles. The zero-order valence-corrected chi connectivity index (χ0v) is 16.2. The summed E-state index contributed by atoms with van der Waals surface area (Å²) >= 11 is 6.15. The number of anilines is 1. The quantitative estimate of drug-likeness (QED) is 0.798. The predicted molar refractivity (Wildman–Crippen MR) is 108 cm³/mol. The second-order valence-electron chi connectivity index (χ2n) is 6.81. The number of halogens is 1. The highest BCUT2D eigenvalue weighted by atomic mass is 35.5. The van der Waals surface area contributed by atoms with Crippen LogP contribution in [0.2, 0.25) is 5.02 Å². The van der Waals surface area contributed by atoms with Crippen molar-refractivity contribution in [3.8, 4) is 0 Å². The Kier molecular flexibility index (Phi) is 6.35. The number of rotatable bonds is 6. The van der Waals surface area contributed by atoms with Crippen LogP contribution in [0.15, 0.2) is 42.5 Å². The van der Waals surface area contributed by atoms with E-state index in [0.29, 0.717) is 17.1 Å². The first-order valence-corrected chi connectivity index (χ1v) is 9.55. The molecule has 2 aromatic rings. The Bertz CT molecular complexity index is 815. The van der Waals surface area contributed by atoms with Gasteiger partial charge in [-0.15, -0.1) is 0 Å². The Morgan fingerprint density at radius 1 is 1.07 bits per heavy atom. The van der Waals surface area contributed by atoms with Gasteiger partial charge in [-0.2, -0.15) is 0 Å². The van der Waals surface area contributed by atoms with Gasteiger partial charge in [0.2, 0.25) is 5.91 Å². The molecule has 0 saturated carbocycles. The Hall–Kier alpha value is -2.53. The minimum Gasteiger partial charge on any atom is -0.375 e. The molecule has 3 rings (SSSR count). The third-order valence-corrected chi connectivity index (χ3v) is 4.96. The highest BCUT2D eigenvalue weighted by Crippen LogP contribution is 2.22. The number of benzene rings is 2. The van der Waals surface area contributed by atoms with Crippen LogP contribution in [-0.4, -0.2) is 36.3 Å². The topological polar surface area (TPSA) is 61.4 Å². The molecule has 1 aliphatic rings. The largest absolute Gasteiger partial charge is 0.375 e. The summed E-state index contributed by atoms with van der Waals surface area (Å²) in [7, 11) is 0. The highest BCUT2D eigenvalue weighted by Gasteiger charge is 2.19. The van der Waals surface area contributed by atoms with Crippen LogP contribution in [-0.2, 0) is 11.3 Å². The van der Waals surface area contributed by atoms with Gasteiger partial charge in [0.1, 0.15) is 0 Å². The van der Waals surface area contributed by atoms with Crippen molar-refractivity contribution in [2.24, 2.45) is 0 Å². The minimum absolute atomic E-state index is 0.0854. The molecule has 2 aromatic carbocycles. The van der Waals surface area contributed by atoms with Gasteiger partial charge in [0, 0.05) is 25.2 Å². The van der Waals surface area contributed by atoms with Crippen LogP contribution in [0.1, 0.15) is 34.3 Å². The van der Waals surface area contributed by atoms with E-state index in [2.05, 4.69) is 10.6 Å². The molecule has 6 heteroatoms. The zero-order valence-electron chi connectivity index (χ0n) is 15.4. The number of nitrogens with one attached hydrogen (secondary N) is 2. The molecule has 0 atom stereocenters. The molecule has 1 heterocycles. The van der Waals surface area contributed by atoms with E-state index in [1.54, 1.807) is 0 Å². The summed E-state index contributed by atoms with van der Waals surface area (Å²) in [6.07, 6.45) is 2.16. The summed E-state index contributed by atoms with van der Waals surface area (Å²) in [4.78, 5) is 26.3. The van der Waals surface area contributed by atoms with E-state index < -0.39 is 0 Å². The Labute approximate surface area is 164 Å². The average Bonchev–Trinajstić information content (AvgIpc) is 3.20. The molecule has 142 valence electrons. The predicted octanol–water partition coefficient (Wildman–Crippen LogP) is 3.61. The lowest BCUT2D eigenvalue weighted by Gasteiger charge is -2.15. The summed E-state index contributed by atoms with van der Waals surface area (Å²) in [6.45, 7) is 4.21. The molecule has 0 unspecified atom stereocenters. The number of aryl methyl sites for hydroxylation is 1. The third-order valence-electron chi connectivity index (χ3n) is 4.65. The molecule has 27 heavy (non-hydrogen) atoms. The van der Waals surface area contributed by atoms with Crippen LogP contribution in [0.25, 0.3) is 0 Å². The van der Waals surface area contributed by atoms with Crippen molar-refractivity contribution < 1.29 is 9.59 Å². The Balaban J connectivity index is 1.46. The number of hydrogen-bond donors (Lipinski definition) is 2. The van der Waals surface area contributed by atoms with Crippen molar-refractivity contribution in [3.63, 3.8) is 0 Å². The summed E-state index contributed by atoms with van der Waals surface area (Å²) in [5.41, 5.74) is 3.46. The summed E-state index contributed by atoms with van der Waals surface area (Å²) < 4.78 is 0. The number of likely N-dealkylation sites (tertiary alicyclic amines) is 1. The average molecular weight is 386 g/mol. The van der Waals surface area contributed by atoms with Crippen molar-refractivity contribution in [1.82, 2.24) is 10.2 Å². The molecule has 0 radical (unpaired) electrons. The second kappa shape index (κ2) is 8.91. The fourth-order valence-electron chi connectivity index (χ4n) is 3.07. The third kappa shape index (κ3) is 5.23. The number of carbonyl (C=O) groups is 2. The van der Waals surface area contributed by atoms with Crippen LogP contribution in [0.3, 0.4) is 0 Å². The molecule has 0 aliphatic carbocycles. The number of carbonyl (C=O) groups excluding carboxylic acids is 2. The molecule has 1 fully saturated rings. The first-order valence-electron chi connectivity index (χ1n) is 9.18. The lowest BCUT2D eigenvalue weighted by molar-refractivity contribution is -0.119. The van der Waals surface area contributed by atoms with Crippen LogP contribution >= 0.6 is 11.6 Å². The molecule has 5 nitrogen and oxygen atoms in total. The molecular formula is C21H24ClN3O2. The first kappa shape index (κ1) is 19.2. The van der Waals surface area contributed by atoms with Crippen LogP contribution in [0.4, 0.5) is 5.69 Å². The minimum atomic E-state index is -0.121. The Morgan fingerprint density at radius 2 is 1.78 bits per heavy atom.